The Kier molecular flexibility index (Phi) is 6.23. The van der Waals surface area contributed by atoms with E-state index in [-0.39, 0.29) is 0 Å². The fourth-order valence-corrected chi connectivity index (χ4v) is 3.39. The maximum atomic E-state index is 3.51. The first kappa shape index (κ1) is 15.7. The summed E-state index contributed by atoms with van der Waals surface area (Å²) in [6.45, 7) is 3.01. The van der Waals surface area contributed by atoms with Crippen molar-refractivity contribution in [3.05, 3.63) is 56.2 Å². The van der Waals surface area contributed by atoms with Crippen LogP contribution in [0, 0.1) is 0 Å². The molecule has 0 atom stereocenters. The monoisotopic (exact) mass is 352 g/mol. The van der Waals surface area contributed by atoms with Crippen LogP contribution in [0.3, 0.4) is 0 Å². The average molecular weight is 353 g/mol. The van der Waals surface area contributed by atoms with E-state index in [1.807, 2.05) is 7.05 Å². The first-order valence-corrected chi connectivity index (χ1v) is 8.48. The fourth-order valence-electron chi connectivity index (χ4n) is 2.19. The van der Waals surface area contributed by atoms with Crippen LogP contribution in [0.5, 0.6) is 0 Å². The molecule has 4 heteroatoms. The van der Waals surface area contributed by atoms with E-state index in [4.69, 9.17) is 0 Å². The van der Waals surface area contributed by atoms with Crippen LogP contribution in [0.15, 0.2) is 39.5 Å². The van der Waals surface area contributed by atoms with Gasteiger partial charge in [-0.3, -0.25) is 4.90 Å². The minimum atomic E-state index is 0.986. The van der Waals surface area contributed by atoms with Crippen LogP contribution in [0.2, 0.25) is 0 Å². The number of likely N-dealkylation sites (N-methyl/N-ethyl adjacent to an activating group) is 1. The number of thiophene rings is 1. The van der Waals surface area contributed by atoms with E-state index in [9.17, 15) is 0 Å². The first-order valence-electron chi connectivity index (χ1n) is 6.81. The van der Waals surface area contributed by atoms with Crippen molar-refractivity contribution in [2.24, 2.45) is 0 Å². The summed E-state index contributed by atoms with van der Waals surface area (Å²) in [5.74, 6) is 0. The van der Waals surface area contributed by atoms with Crippen LogP contribution < -0.4 is 5.32 Å². The number of benzene rings is 1. The van der Waals surface area contributed by atoms with E-state index in [1.54, 1.807) is 11.3 Å². The molecule has 0 radical (unpaired) electrons. The lowest BCUT2D eigenvalue weighted by Gasteiger charge is -2.16. The zero-order valence-electron chi connectivity index (χ0n) is 12.0. The maximum Gasteiger partial charge on any atom is 0.0701 e. The number of halogens is 1. The van der Waals surface area contributed by atoms with Crippen LogP contribution in [-0.4, -0.2) is 25.5 Å². The van der Waals surface area contributed by atoms with E-state index < -0.39 is 0 Å². The molecule has 1 aromatic carbocycles. The zero-order chi connectivity index (χ0) is 14.4. The highest BCUT2D eigenvalue weighted by Gasteiger charge is 2.04. The van der Waals surface area contributed by atoms with Gasteiger partial charge >= 0.3 is 0 Å². The fraction of sp³-hybridized carbons (Fsp3) is 0.375. The second-order valence-electron chi connectivity index (χ2n) is 5.10. The third-order valence-corrected chi connectivity index (χ3v) is 4.77. The first-order chi connectivity index (χ1) is 9.67. The van der Waals surface area contributed by atoms with Crippen molar-refractivity contribution in [3.8, 4) is 0 Å². The summed E-state index contributed by atoms with van der Waals surface area (Å²) in [4.78, 5) is 2.34. The van der Waals surface area contributed by atoms with E-state index in [0.717, 1.165) is 26.1 Å². The molecule has 0 saturated heterocycles. The molecule has 1 N–H and O–H groups in total. The van der Waals surface area contributed by atoms with Crippen LogP contribution in [0.1, 0.15) is 16.7 Å². The highest BCUT2D eigenvalue weighted by atomic mass is 79.9. The molecule has 0 fully saturated rings. The summed E-state index contributed by atoms with van der Waals surface area (Å²) in [6, 6.07) is 11.2. The molecule has 1 heterocycles. The van der Waals surface area contributed by atoms with Crippen molar-refractivity contribution in [3.63, 3.8) is 0 Å². The highest BCUT2D eigenvalue weighted by Crippen LogP contribution is 2.21. The van der Waals surface area contributed by atoms with Gasteiger partial charge in [0.25, 0.3) is 0 Å². The Morgan fingerprint density at radius 1 is 1.10 bits per heavy atom. The van der Waals surface area contributed by atoms with Crippen molar-refractivity contribution in [2.75, 3.05) is 20.6 Å². The van der Waals surface area contributed by atoms with Gasteiger partial charge in [0, 0.05) is 13.1 Å². The molecular formula is C16H21BrN2S. The van der Waals surface area contributed by atoms with Gasteiger partial charge in [-0.15, -0.1) is 11.3 Å². The molecule has 108 valence electrons. The molecule has 0 amide bonds. The van der Waals surface area contributed by atoms with Crippen molar-refractivity contribution >= 4 is 27.3 Å². The second kappa shape index (κ2) is 7.93. The predicted octanol–water partition coefficient (Wildman–Crippen LogP) is 3.90. The van der Waals surface area contributed by atoms with Gasteiger partial charge in [-0.2, -0.15) is 0 Å². The van der Waals surface area contributed by atoms with Gasteiger partial charge in [-0.1, -0.05) is 24.3 Å². The minimum absolute atomic E-state index is 0.986. The third-order valence-electron chi connectivity index (χ3n) is 3.21. The van der Waals surface area contributed by atoms with Crippen molar-refractivity contribution in [2.45, 2.75) is 19.5 Å². The molecule has 0 aliphatic rings. The summed E-state index contributed by atoms with van der Waals surface area (Å²) in [7, 11) is 4.16. The van der Waals surface area contributed by atoms with Gasteiger partial charge in [-0.25, -0.2) is 0 Å². The van der Waals surface area contributed by atoms with Gasteiger partial charge < -0.3 is 5.32 Å². The highest BCUT2D eigenvalue weighted by molar-refractivity contribution is 9.11. The van der Waals surface area contributed by atoms with E-state index >= 15 is 0 Å². The van der Waals surface area contributed by atoms with Crippen molar-refractivity contribution in [1.82, 2.24) is 10.2 Å². The zero-order valence-corrected chi connectivity index (χ0v) is 14.4. The van der Waals surface area contributed by atoms with Crippen LogP contribution in [-0.2, 0) is 19.5 Å². The molecule has 0 saturated carbocycles. The Hall–Kier alpha value is -0.680. The second-order valence-corrected chi connectivity index (χ2v) is 7.39. The number of nitrogens with one attached hydrogen (secondary N) is 1. The summed E-state index contributed by atoms with van der Waals surface area (Å²) in [5.41, 5.74) is 4.14. The molecule has 1 aromatic heterocycles. The summed E-state index contributed by atoms with van der Waals surface area (Å²) in [6.07, 6.45) is 1.09. The Morgan fingerprint density at radius 2 is 1.75 bits per heavy atom. The third kappa shape index (κ3) is 5.02. The minimum Gasteiger partial charge on any atom is -0.319 e. The topological polar surface area (TPSA) is 15.3 Å². The van der Waals surface area contributed by atoms with E-state index in [0.29, 0.717) is 0 Å². The molecule has 0 spiro atoms. The number of hydrogen-bond acceptors (Lipinski definition) is 3. The summed E-state index contributed by atoms with van der Waals surface area (Å²) < 4.78 is 1.20. The van der Waals surface area contributed by atoms with Gasteiger partial charge in [-0.05, 0) is 71.1 Å². The average Bonchev–Trinajstić information content (AvgIpc) is 2.83. The molecule has 0 bridgehead atoms. The molecule has 2 nitrogen and oxygen atoms in total. The maximum absolute atomic E-state index is 3.51. The molecule has 2 rings (SSSR count). The lowest BCUT2D eigenvalue weighted by molar-refractivity contribution is 0.319. The lowest BCUT2D eigenvalue weighted by Crippen LogP contribution is -2.16. The number of hydrogen-bond donors (Lipinski definition) is 1. The summed E-state index contributed by atoms with van der Waals surface area (Å²) >= 11 is 5.26. The molecule has 0 aliphatic heterocycles. The number of nitrogens with zero attached hydrogens (tertiary/aromatic N) is 1. The van der Waals surface area contributed by atoms with E-state index in [2.05, 4.69) is 68.9 Å². The molecule has 0 unspecified atom stereocenters. The van der Waals surface area contributed by atoms with Gasteiger partial charge in [0.1, 0.15) is 0 Å². The lowest BCUT2D eigenvalue weighted by atomic mass is 10.1. The molecule has 20 heavy (non-hydrogen) atoms. The van der Waals surface area contributed by atoms with Gasteiger partial charge in [0.2, 0.25) is 0 Å². The van der Waals surface area contributed by atoms with Crippen molar-refractivity contribution in [1.29, 1.82) is 0 Å². The quantitative estimate of drug-likeness (QED) is 0.812. The normalized spacial score (nSPS) is 11.2. The van der Waals surface area contributed by atoms with Crippen LogP contribution in [0.25, 0.3) is 0 Å². The smallest absolute Gasteiger partial charge is 0.0701 e. The van der Waals surface area contributed by atoms with Crippen molar-refractivity contribution < 1.29 is 0 Å². The molecule has 0 aliphatic carbocycles. The molecule has 2 aromatic rings. The Bertz CT molecular complexity index is 522. The molecular weight excluding hydrogens is 332 g/mol. The standard InChI is InChI=1S/C16H21BrN2S/c1-18-8-7-13-3-5-14(6-4-13)10-19(2)11-15-9-16(17)20-12-15/h3-6,9,12,18H,7-8,10-11H2,1-2H3. The summed E-state index contributed by atoms with van der Waals surface area (Å²) in [5, 5.41) is 5.39. The van der Waals surface area contributed by atoms with Gasteiger partial charge in [0.15, 0.2) is 0 Å². The Balaban J connectivity index is 1.85. The van der Waals surface area contributed by atoms with E-state index in [1.165, 1.54) is 20.5 Å². The Labute approximate surface area is 133 Å². The number of rotatable bonds is 7. The predicted molar refractivity (Wildman–Crippen MR) is 91.3 cm³/mol. The van der Waals surface area contributed by atoms with Crippen LogP contribution >= 0.6 is 27.3 Å². The van der Waals surface area contributed by atoms with Crippen LogP contribution in [0.4, 0.5) is 0 Å². The SMILES string of the molecule is CNCCc1ccc(CN(C)Cc2csc(Br)c2)cc1. The Morgan fingerprint density at radius 3 is 2.35 bits per heavy atom. The largest absolute Gasteiger partial charge is 0.319 e. The van der Waals surface area contributed by atoms with Gasteiger partial charge in [0.05, 0.1) is 3.79 Å².